The van der Waals surface area contributed by atoms with Crippen LogP contribution in [0.15, 0.2) is 12.4 Å². The Hall–Kier alpha value is -2.19. The Morgan fingerprint density at radius 1 is 1.46 bits per heavy atom. The number of nitrogens with zero attached hydrogens (tertiary/aromatic N) is 4. The molecule has 0 spiro atoms. The molecule has 1 fully saturated rings. The van der Waals surface area contributed by atoms with E-state index in [-0.39, 0.29) is 12.0 Å². The van der Waals surface area contributed by atoms with Gasteiger partial charge in [0.25, 0.3) is 0 Å². The van der Waals surface area contributed by atoms with E-state index in [9.17, 15) is 4.79 Å². The summed E-state index contributed by atoms with van der Waals surface area (Å²) in [5.74, 6) is -0.0295. The van der Waals surface area contributed by atoms with Crippen molar-refractivity contribution in [3.8, 4) is 0 Å². The maximum atomic E-state index is 12.3. The third-order valence-electron chi connectivity index (χ3n) is 4.14. The van der Waals surface area contributed by atoms with Gasteiger partial charge in [0.1, 0.15) is 0 Å². The number of ether oxygens (including phenoxy) is 1. The summed E-state index contributed by atoms with van der Waals surface area (Å²) in [6.45, 7) is 8.93. The van der Waals surface area contributed by atoms with E-state index in [0.717, 1.165) is 35.7 Å². The number of aromatic amines is 1. The number of H-pyrrole nitrogens is 1. The number of carbonyl (C=O) groups is 1. The maximum absolute atomic E-state index is 12.3. The molecule has 24 heavy (non-hydrogen) atoms. The third-order valence-corrected chi connectivity index (χ3v) is 4.14. The van der Waals surface area contributed by atoms with Crippen LogP contribution in [0.1, 0.15) is 17.0 Å². The van der Waals surface area contributed by atoms with Crippen molar-refractivity contribution in [2.45, 2.75) is 33.4 Å². The second-order valence-corrected chi connectivity index (χ2v) is 6.32. The fraction of sp³-hybridized carbons (Fsp3) is 0.562. The van der Waals surface area contributed by atoms with Gasteiger partial charge in [-0.05, 0) is 26.3 Å². The molecule has 1 unspecified atom stereocenters. The molecular formula is C16H24N6O2. The zero-order valence-corrected chi connectivity index (χ0v) is 14.4. The van der Waals surface area contributed by atoms with Crippen LogP contribution in [0.2, 0.25) is 0 Å². The molecule has 8 nitrogen and oxygen atoms in total. The average Bonchev–Trinajstić information content (AvgIpc) is 3.08. The van der Waals surface area contributed by atoms with Gasteiger partial charge >= 0.3 is 0 Å². The van der Waals surface area contributed by atoms with E-state index >= 15 is 0 Å². The van der Waals surface area contributed by atoms with Crippen molar-refractivity contribution in [1.82, 2.24) is 24.9 Å². The largest absolute Gasteiger partial charge is 0.374 e. The molecule has 0 saturated carbocycles. The lowest BCUT2D eigenvalue weighted by molar-refractivity contribution is -0.119. The lowest BCUT2D eigenvalue weighted by Crippen LogP contribution is -2.47. The molecule has 2 aromatic rings. The standard InChI is InChI=1S/C16H24N6O2/c1-11-6-17-22(7-11)9-14-8-21(4-5-24-14)10-15(23)18-16-12(2)19-20-13(16)3/h6-7,14H,4-5,8-10H2,1-3H3,(H,18,23)(H,19,20). The van der Waals surface area contributed by atoms with Gasteiger partial charge in [-0.1, -0.05) is 0 Å². The SMILES string of the molecule is Cc1cnn(CC2CN(CC(=O)Nc3c(C)n[nH]c3C)CCO2)c1. The van der Waals surface area contributed by atoms with Gasteiger partial charge in [0.2, 0.25) is 5.91 Å². The molecule has 0 aliphatic carbocycles. The number of hydrogen-bond donors (Lipinski definition) is 2. The Labute approximate surface area is 141 Å². The number of rotatable bonds is 5. The van der Waals surface area contributed by atoms with Crippen LogP contribution in [-0.2, 0) is 16.1 Å². The Morgan fingerprint density at radius 3 is 2.96 bits per heavy atom. The number of aryl methyl sites for hydroxylation is 3. The molecule has 0 bridgehead atoms. The van der Waals surface area contributed by atoms with Gasteiger partial charge in [-0.15, -0.1) is 0 Å². The highest BCUT2D eigenvalue weighted by Gasteiger charge is 2.23. The van der Waals surface area contributed by atoms with Crippen molar-refractivity contribution in [2.75, 3.05) is 31.6 Å². The normalized spacial score (nSPS) is 18.7. The first kappa shape index (κ1) is 16.7. The fourth-order valence-corrected chi connectivity index (χ4v) is 2.93. The summed E-state index contributed by atoms with van der Waals surface area (Å²) in [5, 5.41) is 14.2. The first-order valence-electron chi connectivity index (χ1n) is 8.15. The van der Waals surface area contributed by atoms with Crippen LogP contribution in [0.5, 0.6) is 0 Å². The molecule has 3 rings (SSSR count). The summed E-state index contributed by atoms with van der Waals surface area (Å²) in [6, 6.07) is 0. The minimum atomic E-state index is -0.0295. The summed E-state index contributed by atoms with van der Waals surface area (Å²) in [4.78, 5) is 14.4. The quantitative estimate of drug-likeness (QED) is 0.848. The highest BCUT2D eigenvalue weighted by Crippen LogP contribution is 2.16. The zero-order valence-electron chi connectivity index (χ0n) is 14.4. The maximum Gasteiger partial charge on any atom is 0.238 e. The summed E-state index contributed by atoms with van der Waals surface area (Å²) in [6.07, 6.45) is 3.88. The predicted molar refractivity (Wildman–Crippen MR) is 89.8 cm³/mol. The lowest BCUT2D eigenvalue weighted by Gasteiger charge is -2.32. The Bertz CT molecular complexity index is 688. The van der Waals surface area contributed by atoms with Gasteiger partial charge in [0.05, 0.1) is 49.1 Å². The van der Waals surface area contributed by atoms with Crippen molar-refractivity contribution in [3.63, 3.8) is 0 Å². The van der Waals surface area contributed by atoms with E-state index in [1.54, 1.807) is 0 Å². The molecule has 1 atom stereocenters. The third kappa shape index (κ3) is 4.01. The molecular weight excluding hydrogens is 308 g/mol. The van der Waals surface area contributed by atoms with Crippen LogP contribution in [0.3, 0.4) is 0 Å². The van der Waals surface area contributed by atoms with E-state index in [2.05, 4.69) is 25.5 Å². The topological polar surface area (TPSA) is 88.1 Å². The van der Waals surface area contributed by atoms with E-state index in [1.807, 2.05) is 37.8 Å². The summed E-state index contributed by atoms with van der Waals surface area (Å²) < 4.78 is 7.69. The number of amides is 1. The number of morpholine rings is 1. The number of hydrogen-bond acceptors (Lipinski definition) is 5. The van der Waals surface area contributed by atoms with Crippen LogP contribution >= 0.6 is 0 Å². The van der Waals surface area contributed by atoms with Crippen molar-refractivity contribution in [3.05, 3.63) is 29.3 Å². The Morgan fingerprint density at radius 2 is 2.29 bits per heavy atom. The van der Waals surface area contributed by atoms with Crippen molar-refractivity contribution >= 4 is 11.6 Å². The number of carbonyl (C=O) groups excluding carboxylic acids is 1. The van der Waals surface area contributed by atoms with Crippen LogP contribution in [0.4, 0.5) is 5.69 Å². The van der Waals surface area contributed by atoms with Crippen LogP contribution < -0.4 is 5.32 Å². The summed E-state index contributed by atoms with van der Waals surface area (Å²) in [5.41, 5.74) is 3.58. The van der Waals surface area contributed by atoms with Crippen LogP contribution in [-0.4, -0.2) is 63.1 Å². The van der Waals surface area contributed by atoms with E-state index in [1.165, 1.54) is 0 Å². The first-order chi connectivity index (χ1) is 11.5. The van der Waals surface area contributed by atoms with Crippen molar-refractivity contribution in [2.24, 2.45) is 0 Å². The summed E-state index contributed by atoms with van der Waals surface area (Å²) >= 11 is 0. The molecule has 1 amide bonds. The fourth-order valence-electron chi connectivity index (χ4n) is 2.93. The highest BCUT2D eigenvalue weighted by molar-refractivity contribution is 5.93. The molecule has 0 radical (unpaired) electrons. The lowest BCUT2D eigenvalue weighted by atomic mass is 10.2. The Kier molecular flexibility index (Phi) is 4.96. The minimum Gasteiger partial charge on any atom is -0.374 e. The number of anilines is 1. The van der Waals surface area contributed by atoms with Gasteiger partial charge in [-0.2, -0.15) is 10.2 Å². The minimum absolute atomic E-state index is 0.0295. The predicted octanol–water partition coefficient (Wildman–Crippen LogP) is 0.871. The van der Waals surface area contributed by atoms with Crippen LogP contribution in [0, 0.1) is 20.8 Å². The Balaban J connectivity index is 1.52. The van der Waals surface area contributed by atoms with Gasteiger partial charge in [0.15, 0.2) is 0 Å². The van der Waals surface area contributed by atoms with Crippen LogP contribution in [0.25, 0.3) is 0 Å². The molecule has 1 aliphatic rings. The van der Waals surface area contributed by atoms with E-state index in [4.69, 9.17) is 4.74 Å². The number of nitrogens with one attached hydrogen (secondary N) is 2. The summed E-state index contributed by atoms with van der Waals surface area (Å²) in [7, 11) is 0. The van der Waals surface area contributed by atoms with Gasteiger partial charge in [-0.25, -0.2) is 0 Å². The smallest absolute Gasteiger partial charge is 0.238 e. The molecule has 1 aliphatic heterocycles. The van der Waals surface area contributed by atoms with Gasteiger partial charge < -0.3 is 10.1 Å². The average molecular weight is 332 g/mol. The van der Waals surface area contributed by atoms with E-state index in [0.29, 0.717) is 19.7 Å². The molecule has 0 aromatic carbocycles. The molecule has 2 aromatic heterocycles. The van der Waals surface area contributed by atoms with Crippen molar-refractivity contribution in [1.29, 1.82) is 0 Å². The van der Waals surface area contributed by atoms with Crippen molar-refractivity contribution < 1.29 is 9.53 Å². The first-order valence-corrected chi connectivity index (χ1v) is 8.15. The molecule has 1 saturated heterocycles. The second-order valence-electron chi connectivity index (χ2n) is 6.32. The molecule has 2 N–H and O–H groups in total. The van der Waals surface area contributed by atoms with Gasteiger partial charge in [-0.3, -0.25) is 19.5 Å². The van der Waals surface area contributed by atoms with E-state index < -0.39 is 0 Å². The molecule has 3 heterocycles. The monoisotopic (exact) mass is 332 g/mol. The zero-order chi connectivity index (χ0) is 17.1. The molecule has 130 valence electrons. The number of aromatic nitrogens is 4. The highest BCUT2D eigenvalue weighted by atomic mass is 16.5. The molecule has 8 heteroatoms. The van der Waals surface area contributed by atoms with Gasteiger partial charge in [0, 0.05) is 19.3 Å². The second kappa shape index (κ2) is 7.14.